The van der Waals surface area contributed by atoms with Gasteiger partial charge in [-0.1, -0.05) is 25.2 Å². The van der Waals surface area contributed by atoms with Crippen LogP contribution in [0.4, 0.5) is 0 Å². The molecule has 3 aromatic heterocycles. The fourth-order valence-corrected chi connectivity index (χ4v) is 4.69. The highest BCUT2D eigenvalue weighted by Crippen LogP contribution is 2.53. The molecule has 0 N–H and O–H groups in total. The first-order chi connectivity index (χ1) is 11.6. The van der Waals surface area contributed by atoms with E-state index in [1.165, 1.54) is 16.1 Å². The van der Waals surface area contributed by atoms with E-state index in [4.69, 9.17) is 9.15 Å². The molecule has 0 saturated carbocycles. The summed E-state index contributed by atoms with van der Waals surface area (Å²) in [6.45, 7) is 6.52. The molecule has 0 spiro atoms. The molecule has 4 aromatic rings. The second kappa shape index (κ2) is 4.57. The van der Waals surface area contributed by atoms with Crippen molar-refractivity contribution in [2.75, 3.05) is 0 Å². The molecule has 1 aliphatic rings. The summed E-state index contributed by atoms with van der Waals surface area (Å²) in [6.07, 6.45) is 3.64. The predicted octanol–water partition coefficient (Wildman–Crippen LogP) is 5.07. The third-order valence-electron chi connectivity index (χ3n) is 4.77. The third-order valence-corrected chi connectivity index (χ3v) is 6.14. The van der Waals surface area contributed by atoms with Gasteiger partial charge < -0.3 is 9.15 Å². The van der Waals surface area contributed by atoms with E-state index in [0.29, 0.717) is 5.92 Å². The van der Waals surface area contributed by atoms with Crippen molar-refractivity contribution < 1.29 is 13.7 Å². The zero-order valence-electron chi connectivity index (χ0n) is 14.0. The molecule has 0 amide bonds. The molecule has 4 heterocycles. The zero-order chi connectivity index (χ0) is 16.6. The molecule has 0 saturated heterocycles. The molecule has 120 valence electrons. The van der Waals surface area contributed by atoms with Crippen molar-refractivity contribution in [3.05, 3.63) is 35.2 Å². The van der Waals surface area contributed by atoms with E-state index in [1.54, 1.807) is 17.6 Å². The Labute approximate surface area is 143 Å². The molecule has 5 rings (SSSR count). The lowest BCUT2D eigenvalue weighted by Gasteiger charge is -2.20. The number of aromatic nitrogens is 2. The largest absolute Gasteiger partial charge is 0.464 e. The number of ether oxygens (including phenoxy) is 1. The molecule has 1 aromatic carbocycles. The van der Waals surface area contributed by atoms with Gasteiger partial charge in [0.25, 0.3) is 6.33 Å². The molecular formula is C19H17N2O2S+. The Kier molecular flexibility index (Phi) is 2.66. The van der Waals surface area contributed by atoms with Crippen molar-refractivity contribution in [1.29, 1.82) is 0 Å². The van der Waals surface area contributed by atoms with Gasteiger partial charge in [-0.3, -0.25) is 0 Å². The van der Waals surface area contributed by atoms with Crippen molar-refractivity contribution in [1.82, 2.24) is 4.98 Å². The molecule has 0 atom stereocenters. The SMILES string of the molecule is Cc1c2c(cc3occc13)Oc1c(C(C)C)sc3nc[n+](C)c-2c13. The van der Waals surface area contributed by atoms with Crippen LogP contribution < -0.4 is 9.30 Å². The van der Waals surface area contributed by atoms with E-state index in [1.807, 2.05) is 25.5 Å². The summed E-state index contributed by atoms with van der Waals surface area (Å²) in [5.41, 5.74) is 4.37. The van der Waals surface area contributed by atoms with Crippen LogP contribution in [0.2, 0.25) is 0 Å². The molecule has 1 aliphatic heterocycles. The van der Waals surface area contributed by atoms with Crippen molar-refractivity contribution in [2.45, 2.75) is 26.7 Å². The van der Waals surface area contributed by atoms with Crippen molar-refractivity contribution in [3.63, 3.8) is 0 Å². The van der Waals surface area contributed by atoms with Gasteiger partial charge in [-0.25, -0.2) is 4.57 Å². The fourth-order valence-electron chi connectivity index (χ4n) is 3.62. The van der Waals surface area contributed by atoms with Gasteiger partial charge in [0, 0.05) is 11.5 Å². The quantitative estimate of drug-likeness (QED) is 0.401. The maximum atomic E-state index is 6.39. The summed E-state index contributed by atoms with van der Waals surface area (Å²) in [5, 5.41) is 2.26. The van der Waals surface area contributed by atoms with Gasteiger partial charge in [-0.05, 0) is 29.5 Å². The Balaban J connectivity index is 1.99. The standard InChI is InChI=1S/C19H17N2O2S/c1-9(2)18-17-15-16(21(4)8-20-19(15)24-18)14-10(3)11-5-6-22-12(11)7-13(14)23-17/h5-9H,1-4H3/q+1. The molecule has 4 nitrogen and oxygen atoms in total. The van der Waals surface area contributed by atoms with Gasteiger partial charge in [-0.15, -0.1) is 0 Å². The Morgan fingerprint density at radius 1 is 1.29 bits per heavy atom. The highest BCUT2D eigenvalue weighted by molar-refractivity contribution is 7.19. The van der Waals surface area contributed by atoms with E-state index in [9.17, 15) is 0 Å². The number of thiophene rings is 1. The average molecular weight is 337 g/mol. The minimum Gasteiger partial charge on any atom is -0.464 e. The van der Waals surface area contributed by atoms with Crippen LogP contribution in [0.15, 0.2) is 29.1 Å². The number of rotatable bonds is 1. The van der Waals surface area contributed by atoms with E-state index in [-0.39, 0.29) is 0 Å². The van der Waals surface area contributed by atoms with Crippen LogP contribution in [0.25, 0.3) is 32.4 Å². The van der Waals surface area contributed by atoms with Gasteiger partial charge in [-0.2, -0.15) is 0 Å². The van der Waals surface area contributed by atoms with Crippen LogP contribution in [-0.4, -0.2) is 4.98 Å². The molecule has 0 aliphatic carbocycles. The molecular weight excluding hydrogens is 320 g/mol. The van der Waals surface area contributed by atoms with Crippen LogP contribution in [-0.2, 0) is 7.05 Å². The molecule has 0 unspecified atom stereocenters. The summed E-state index contributed by atoms with van der Waals surface area (Å²) < 4.78 is 14.1. The number of hydrogen-bond acceptors (Lipinski definition) is 4. The summed E-state index contributed by atoms with van der Waals surface area (Å²) >= 11 is 1.73. The normalized spacial score (nSPS) is 12.9. The second-order valence-electron chi connectivity index (χ2n) is 6.64. The number of furan rings is 1. The smallest absolute Gasteiger partial charge is 0.288 e. The lowest BCUT2D eigenvalue weighted by Crippen LogP contribution is -2.32. The predicted molar refractivity (Wildman–Crippen MR) is 94.9 cm³/mol. The Morgan fingerprint density at radius 2 is 2.12 bits per heavy atom. The fraction of sp³-hybridized carbons (Fsp3) is 0.263. The molecule has 0 fully saturated rings. The number of fused-ring (bicyclic) bond motifs is 3. The average Bonchev–Trinajstić information content (AvgIpc) is 3.15. The maximum absolute atomic E-state index is 6.39. The number of nitrogens with zero attached hydrogens (tertiary/aromatic N) is 2. The summed E-state index contributed by atoms with van der Waals surface area (Å²) in [6, 6.07) is 4.03. The highest BCUT2D eigenvalue weighted by Gasteiger charge is 2.34. The first-order valence-electron chi connectivity index (χ1n) is 8.06. The highest BCUT2D eigenvalue weighted by atomic mass is 32.1. The van der Waals surface area contributed by atoms with Crippen LogP contribution in [0.3, 0.4) is 0 Å². The Morgan fingerprint density at radius 3 is 2.92 bits per heavy atom. The van der Waals surface area contributed by atoms with Crippen molar-refractivity contribution in [3.8, 4) is 22.8 Å². The first kappa shape index (κ1) is 14.0. The van der Waals surface area contributed by atoms with Crippen LogP contribution in [0, 0.1) is 6.92 Å². The lowest BCUT2D eigenvalue weighted by molar-refractivity contribution is -0.662. The van der Waals surface area contributed by atoms with Crippen molar-refractivity contribution in [2.24, 2.45) is 7.05 Å². The van der Waals surface area contributed by atoms with E-state index < -0.39 is 0 Å². The third kappa shape index (κ3) is 1.62. The van der Waals surface area contributed by atoms with Gasteiger partial charge in [0.2, 0.25) is 4.83 Å². The van der Waals surface area contributed by atoms with Gasteiger partial charge in [0.05, 0.1) is 23.8 Å². The van der Waals surface area contributed by atoms with E-state index in [0.717, 1.165) is 38.2 Å². The maximum Gasteiger partial charge on any atom is 0.288 e. The zero-order valence-corrected chi connectivity index (χ0v) is 14.8. The molecule has 24 heavy (non-hydrogen) atoms. The molecule has 0 bridgehead atoms. The minimum atomic E-state index is 0.396. The summed E-state index contributed by atoms with van der Waals surface area (Å²) in [5.74, 6) is 2.22. The van der Waals surface area contributed by atoms with Gasteiger partial charge in [0.15, 0.2) is 11.4 Å². The summed E-state index contributed by atoms with van der Waals surface area (Å²) in [7, 11) is 2.05. The lowest BCUT2D eigenvalue weighted by atomic mass is 9.96. The Hall–Kier alpha value is -2.40. The van der Waals surface area contributed by atoms with Crippen molar-refractivity contribution >= 4 is 32.5 Å². The monoisotopic (exact) mass is 337 g/mol. The first-order valence-corrected chi connectivity index (χ1v) is 8.88. The minimum absolute atomic E-state index is 0.396. The molecule has 0 radical (unpaired) electrons. The number of aryl methyl sites for hydroxylation is 2. The molecule has 5 heteroatoms. The van der Waals surface area contributed by atoms with Crippen LogP contribution in [0.5, 0.6) is 11.5 Å². The van der Waals surface area contributed by atoms with Crippen LogP contribution in [0.1, 0.15) is 30.2 Å². The van der Waals surface area contributed by atoms with Gasteiger partial charge >= 0.3 is 0 Å². The van der Waals surface area contributed by atoms with Gasteiger partial charge in [0.1, 0.15) is 16.7 Å². The van der Waals surface area contributed by atoms with E-state index in [2.05, 4.69) is 30.3 Å². The van der Waals surface area contributed by atoms with E-state index >= 15 is 0 Å². The number of benzene rings is 1. The summed E-state index contributed by atoms with van der Waals surface area (Å²) in [4.78, 5) is 6.91. The topological polar surface area (TPSA) is 39.1 Å². The second-order valence-corrected chi connectivity index (χ2v) is 7.67. The van der Waals surface area contributed by atoms with Crippen LogP contribution >= 0.6 is 11.3 Å². The Bertz CT molecular complexity index is 1140. The number of hydrogen-bond donors (Lipinski definition) is 0.